The number of urea groups is 1. The average Bonchev–Trinajstić information content (AvgIpc) is 4.05. The predicted octanol–water partition coefficient (Wildman–Crippen LogP) is 6.55. The number of fused-ring (bicyclic) bond motifs is 4. The Bertz CT molecular complexity index is 3090. The van der Waals surface area contributed by atoms with Crippen molar-refractivity contribution in [3.05, 3.63) is 126 Å². The van der Waals surface area contributed by atoms with Gasteiger partial charge in [0.05, 0.1) is 63.1 Å². The topological polar surface area (TPSA) is 226 Å². The maximum atomic E-state index is 13.8. The number of anilines is 3. The van der Waals surface area contributed by atoms with E-state index in [0.29, 0.717) is 109 Å². The molecule has 0 radical (unpaired) electrons. The van der Waals surface area contributed by atoms with Gasteiger partial charge in [-0.3, -0.25) is 19.2 Å². The summed E-state index contributed by atoms with van der Waals surface area (Å²) >= 11 is 13.8. The smallest absolute Gasteiger partial charge is 0.315 e. The zero-order valence-electron chi connectivity index (χ0n) is 45.6. The minimum atomic E-state index is -0.812. The molecule has 3 heterocycles. The third-order valence-corrected chi connectivity index (χ3v) is 16.6. The number of unbranched alkanes of at least 4 members (excludes halogenated alkanes) is 1. The number of quaternary nitrogens is 1. The molecule has 10 N–H and O–H groups in total. The summed E-state index contributed by atoms with van der Waals surface area (Å²) in [5.74, 6) is 1.33. The molecule has 0 spiro atoms. The summed E-state index contributed by atoms with van der Waals surface area (Å²) in [7, 11) is 4.07. The SMILES string of the molecule is C[N+](C)(CCNC(=O)c1ccc(C[n+]2c(-c3ccccc3)c3cc(N)ccc3c3ccc(N)cc32)cc1)CCNC(=O)C(CCCNC(=O)COc1ccc(N(CCCl)CCCl)cc1)NC(=O)CCCCC1SCC2NC(=O)NC21. The molecule has 2 aliphatic heterocycles. The number of hydrogen-bond donors (Lipinski definition) is 8. The number of nitrogens with zero attached hydrogens (tertiary/aromatic N) is 3. The lowest BCUT2D eigenvalue weighted by Crippen LogP contribution is -2.52. The highest BCUT2D eigenvalue weighted by Gasteiger charge is 2.42. The number of rotatable bonds is 29. The van der Waals surface area contributed by atoms with E-state index in [1.165, 1.54) is 0 Å². The number of ether oxygens (including phenoxy) is 1. The van der Waals surface area contributed by atoms with Crippen LogP contribution in [0.1, 0.15) is 54.4 Å². The van der Waals surface area contributed by atoms with Gasteiger partial charge in [-0.2, -0.15) is 16.3 Å². The second-order valence-corrected chi connectivity index (χ2v) is 23.2. The van der Waals surface area contributed by atoms with Gasteiger partial charge in [0.15, 0.2) is 13.2 Å². The molecule has 2 aliphatic rings. The van der Waals surface area contributed by atoms with Crippen LogP contribution < -0.4 is 57.6 Å². The maximum absolute atomic E-state index is 13.8. The monoisotopic (exact) mass is 1150 g/mol. The van der Waals surface area contributed by atoms with Crippen LogP contribution in [0.25, 0.3) is 32.9 Å². The summed E-state index contributed by atoms with van der Waals surface area (Å²) in [6.45, 7) is 3.83. The molecule has 4 atom stereocenters. The van der Waals surface area contributed by atoms with Crippen molar-refractivity contribution in [1.29, 1.82) is 0 Å². The third-order valence-electron chi connectivity index (χ3n) is 14.8. The Morgan fingerprint density at radius 1 is 0.775 bits per heavy atom. The van der Waals surface area contributed by atoms with Gasteiger partial charge < -0.3 is 57.5 Å². The number of likely N-dealkylation sites (N-methyl/N-ethyl adjacent to an activating group) is 1. The molecule has 17 nitrogen and oxygen atoms in total. The first-order chi connectivity index (χ1) is 38.7. The minimum absolute atomic E-state index is 0.103. The van der Waals surface area contributed by atoms with Gasteiger partial charge in [0.25, 0.3) is 11.8 Å². The van der Waals surface area contributed by atoms with Crippen molar-refractivity contribution in [3.63, 3.8) is 0 Å². The first kappa shape index (κ1) is 59.1. The van der Waals surface area contributed by atoms with Crippen molar-refractivity contribution >= 4 is 103 Å². The number of carbonyl (C=O) groups is 5. The molecule has 2 saturated heterocycles. The number of halogens is 2. The highest BCUT2D eigenvalue weighted by Crippen LogP contribution is 2.35. The van der Waals surface area contributed by atoms with Gasteiger partial charge in [0, 0.05) is 94.0 Å². The first-order valence-electron chi connectivity index (χ1n) is 27.5. The Morgan fingerprint density at radius 2 is 1.48 bits per heavy atom. The van der Waals surface area contributed by atoms with Crippen molar-refractivity contribution in [3.8, 4) is 17.0 Å². The van der Waals surface area contributed by atoms with Crippen LogP contribution in [-0.4, -0.2) is 142 Å². The van der Waals surface area contributed by atoms with Crippen LogP contribution in [0, 0.1) is 0 Å². The lowest BCUT2D eigenvalue weighted by Gasteiger charge is -2.30. The molecule has 0 saturated carbocycles. The number of nitrogens with one attached hydrogen (secondary N) is 6. The number of carbonyl (C=O) groups excluding carboxylic acids is 5. The number of nitrogen functional groups attached to an aromatic ring is 2. The molecule has 424 valence electrons. The third kappa shape index (κ3) is 16.1. The number of thioether (sulfide) groups is 1. The van der Waals surface area contributed by atoms with Gasteiger partial charge in [-0.15, -0.1) is 23.2 Å². The summed E-state index contributed by atoms with van der Waals surface area (Å²) in [4.78, 5) is 67.3. The normalized spacial score (nSPS) is 16.1. The molecule has 20 heteroatoms. The summed E-state index contributed by atoms with van der Waals surface area (Å²) in [6, 6.07) is 36.6. The predicted molar refractivity (Wildman–Crippen MR) is 322 cm³/mol. The Kier molecular flexibility index (Phi) is 21.0. The van der Waals surface area contributed by atoms with Crippen LogP contribution in [0.4, 0.5) is 21.9 Å². The lowest BCUT2D eigenvalue weighted by molar-refractivity contribution is -0.887. The second kappa shape index (κ2) is 28.4. The van der Waals surface area contributed by atoms with Crippen LogP contribution in [-0.2, 0) is 20.9 Å². The van der Waals surface area contributed by atoms with Crippen LogP contribution in [0.15, 0.2) is 115 Å². The summed E-state index contributed by atoms with van der Waals surface area (Å²) < 4.78 is 8.51. The lowest BCUT2D eigenvalue weighted by atomic mass is 9.97. The van der Waals surface area contributed by atoms with Crippen molar-refractivity contribution in [2.45, 2.75) is 68.4 Å². The van der Waals surface area contributed by atoms with E-state index in [1.807, 2.05) is 105 Å². The number of alkyl halides is 2. The Morgan fingerprint density at radius 3 is 2.20 bits per heavy atom. The largest absolute Gasteiger partial charge is 0.484 e. The molecular formula is C60H75Cl2N11O6S+2. The average molecular weight is 1150 g/mol. The molecule has 1 aromatic heterocycles. The fourth-order valence-electron chi connectivity index (χ4n) is 10.4. The molecule has 6 amide bonds. The minimum Gasteiger partial charge on any atom is -0.484 e. The molecule has 2 fully saturated rings. The molecule has 8 rings (SSSR count). The number of aromatic nitrogens is 1. The van der Waals surface area contributed by atoms with E-state index in [2.05, 4.69) is 65.6 Å². The summed E-state index contributed by atoms with van der Waals surface area (Å²) in [5.41, 5.74) is 19.6. The number of benzene rings is 5. The molecule has 5 aromatic carbocycles. The Hall–Kier alpha value is -6.99. The number of pyridine rings is 1. The number of amides is 6. The zero-order chi connectivity index (χ0) is 56.6. The summed E-state index contributed by atoms with van der Waals surface area (Å²) in [5, 5.41) is 21.4. The van der Waals surface area contributed by atoms with Crippen molar-refractivity contribution in [2.24, 2.45) is 0 Å². The van der Waals surface area contributed by atoms with Crippen molar-refractivity contribution in [2.75, 3.05) is 100 Å². The van der Waals surface area contributed by atoms with Crippen LogP contribution in [0.3, 0.4) is 0 Å². The van der Waals surface area contributed by atoms with E-state index in [1.54, 1.807) is 12.1 Å². The van der Waals surface area contributed by atoms with Gasteiger partial charge in [-0.25, -0.2) is 4.79 Å². The van der Waals surface area contributed by atoms with E-state index in [-0.39, 0.29) is 61.3 Å². The quantitative estimate of drug-likeness (QED) is 0.00481. The van der Waals surface area contributed by atoms with E-state index in [9.17, 15) is 24.0 Å². The zero-order valence-corrected chi connectivity index (χ0v) is 47.9. The molecule has 6 aromatic rings. The molecule has 0 bridgehead atoms. The molecule has 4 unspecified atom stereocenters. The van der Waals surface area contributed by atoms with Crippen LogP contribution >= 0.6 is 35.0 Å². The highest BCUT2D eigenvalue weighted by molar-refractivity contribution is 8.00. The van der Waals surface area contributed by atoms with Crippen LogP contribution in [0.5, 0.6) is 5.75 Å². The number of nitrogens with two attached hydrogens (primary N) is 2. The standard InChI is InChI=1S/C60H73Cl2N11O6S/c1-73(2,33-29-66-58(76)42-16-14-40(15-17-42)37-72-52-36-44(64)19-25-48(52)47-24-18-43(63)35-49(47)57(72)41-9-4-3-5-10-41)34-30-67-59(77)50(68-54(74)13-7-6-12-53-56-51(39-80-53)69-60(78)70-56)11-8-28-65-55(75)38-79-46-22-20-45(21-23-46)71(31-26-61)32-27-62/h3-5,9-10,14-25,35-36,50-51,53,56,64H,6-8,11-13,26-34,37-39,63H2,1-2H3,(H5-,65,66,67,68,69,70,74,75,76,77,78)/p+2. The van der Waals surface area contributed by atoms with E-state index in [0.717, 1.165) is 62.8 Å². The first-order valence-corrected chi connectivity index (χ1v) is 29.6. The second-order valence-electron chi connectivity index (χ2n) is 21.1. The molecule has 80 heavy (non-hydrogen) atoms. The fraction of sp³-hybridized carbons (Fsp3) is 0.400. The maximum Gasteiger partial charge on any atom is 0.315 e. The van der Waals surface area contributed by atoms with Crippen molar-refractivity contribution < 1.29 is 37.8 Å². The van der Waals surface area contributed by atoms with Gasteiger partial charge in [-0.05, 0) is 98.5 Å². The summed E-state index contributed by atoms with van der Waals surface area (Å²) in [6.07, 6.45) is 3.33. The van der Waals surface area contributed by atoms with Gasteiger partial charge in [0.2, 0.25) is 23.0 Å². The van der Waals surface area contributed by atoms with Crippen molar-refractivity contribution in [1.82, 2.24) is 31.9 Å². The Balaban J connectivity index is 0.810. The molecular weight excluding hydrogens is 1070 g/mol. The van der Waals surface area contributed by atoms with E-state index in [4.69, 9.17) is 39.4 Å². The van der Waals surface area contributed by atoms with Gasteiger partial charge in [-0.1, -0.05) is 42.8 Å². The fourth-order valence-corrected chi connectivity index (χ4v) is 12.4. The van der Waals surface area contributed by atoms with E-state index >= 15 is 0 Å². The van der Waals surface area contributed by atoms with E-state index < -0.39 is 6.04 Å². The Labute approximate surface area is 482 Å². The van der Waals surface area contributed by atoms with Gasteiger partial charge >= 0.3 is 6.03 Å². The molecule has 0 aliphatic carbocycles. The van der Waals surface area contributed by atoms with Crippen LogP contribution in [0.2, 0.25) is 0 Å². The highest BCUT2D eigenvalue weighted by atomic mass is 35.5. The van der Waals surface area contributed by atoms with Gasteiger partial charge in [0.1, 0.15) is 11.8 Å². The number of hydrogen-bond acceptors (Lipinski definition) is 10.